The summed E-state index contributed by atoms with van der Waals surface area (Å²) in [6.07, 6.45) is 4.17. The van der Waals surface area contributed by atoms with Crippen LogP contribution in [-0.4, -0.2) is 42.1 Å². The summed E-state index contributed by atoms with van der Waals surface area (Å²) in [6, 6.07) is 0.703. The minimum Gasteiger partial charge on any atom is -0.329 e. The van der Waals surface area contributed by atoms with Crippen molar-refractivity contribution in [2.24, 2.45) is 11.7 Å². The number of nitrogens with zero attached hydrogens (tertiary/aromatic N) is 1. The van der Waals surface area contributed by atoms with E-state index in [1.807, 2.05) is 0 Å². The van der Waals surface area contributed by atoms with Crippen molar-refractivity contribution >= 4 is 11.8 Å². The summed E-state index contributed by atoms with van der Waals surface area (Å²) in [5.74, 6) is 3.61. The van der Waals surface area contributed by atoms with Crippen LogP contribution in [0.2, 0.25) is 0 Å². The van der Waals surface area contributed by atoms with E-state index in [0.717, 1.165) is 12.5 Å². The fourth-order valence-electron chi connectivity index (χ4n) is 2.41. The molecule has 0 aromatic rings. The molecule has 76 valence electrons. The first kappa shape index (κ1) is 9.81. The Labute approximate surface area is 85.2 Å². The van der Waals surface area contributed by atoms with Gasteiger partial charge in [-0.1, -0.05) is 0 Å². The molecule has 2 nitrogen and oxygen atoms in total. The summed E-state index contributed by atoms with van der Waals surface area (Å²) in [7, 11) is 0. The largest absolute Gasteiger partial charge is 0.329 e. The maximum absolute atomic E-state index is 5.87. The predicted octanol–water partition coefficient (Wildman–Crippen LogP) is 1.16. The van der Waals surface area contributed by atoms with Crippen molar-refractivity contribution in [2.45, 2.75) is 25.3 Å². The minimum atomic E-state index is 0.703. The van der Waals surface area contributed by atoms with Crippen molar-refractivity contribution in [1.29, 1.82) is 0 Å². The molecule has 3 heteroatoms. The lowest BCUT2D eigenvalue weighted by Gasteiger charge is -2.43. The van der Waals surface area contributed by atoms with E-state index in [1.54, 1.807) is 0 Å². The van der Waals surface area contributed by atoms with Gasteiger partial charge < -0.3 is 5.73 Å². The Morgan fingerprint density at radius 1 is 1.31 bits per heavy atom. The molecule has 0 aromatic carbocycles. The van der Waals surface area contributed by atoms with E-state index in [1.165, 1.54) is 43.9 Å². The van der Waals surface area contributed by atoms with Crippen molar-refractivity contribution in [2.75, 3.05) is 31.1 Å². The average Bonchev–Trinajstić information content (AvgIpc) is 2.12. The number of thioether (sulfide) groups is 1. The van der Waals surface area contributed by atoms with Crippen LogP contribution in [0, 0.1) is 5.92 Å². The molecule has 2 heterocycles. The molecule has 2 fully saturated rings. The Morgan fingerprint density at radius 3 is 2.46 bits per heavy atom. The van der Waals surface area contributed by atoms with Crippen molar-refractivity contribution < 1.29 is 0 Å². The van der Waals surface area contributed by atoms with Gasteiger partial charge in [0.2, 0.25) is 0 Å². The summed E-state index contributed by atoms with van der Waals surface area (Å²) in [4.78, 5) is 2.58. The van der Waals surface area contributed by atoms with Gasteiger partial charge in [-0.2, -0.15) is 11.8 Å². The molecule has 0 spiro atoms. The maximum Gasteiger partial charge on any atom is 0.0247 e. The van der Waals surface area contributed by atoms with Crippen molar-refractivity contribution in [3.63, 3.8) is 0 Å². The van der Waals surface area contributed by atoms with Gasteiger partial charge in [-0.15, -0.1) is 0 Å². The Balaban J connectivity index is 1.86. The van der Waals surface area contributed by atoms with Gasteiger partial charge in [0.15, 0.2) is 0 Å². The molecule has 0 amide bonds. The summed E-state index contributed by atoms with van der Waals surface area (Å²) in [6.45, 7) is 3.46. The first-order valence-electron chi connectivity index (χ1n) is 5.43. The number of nitrogens with two attached hydrogens (primary N) is 1. The molecule has 0 bridgehead atoms. The third-order valence-corrected chi connectivity index (χ3v) is 4.46. The Morgan fingerprint density at radius 2 is 2.00 bits per heavy atom. The van der Waals surface area contributed by atoms with Crippen LogP contribution >= 0.6 is 11.8 Å². The van der Waals surface area contributed by atoms with Crippen LogP contribution in [0.5, 0.6) is 0 Å². The topological polar surface area (TPSA) is 29.3 Å². The molecular formula is C10H20N2S. The van der Waals surface area contributed by atoms with Crippen molar-refractivity contribution in [1.82, 2.24) is 4.90 Å². The number of hydrogen-bond acceptors (Lipinski definition) is 3. The lowest BCUT2D eigenvalue weighted by atomic mass is 9.90. The second-order valence-corrected chi connectivity index (χ2v) is 5.37. The monoisotopic (exact) mass is 200 g/mol. The Kier molecular flexibility index (Phi) is 3.52. The normalized spacial score (nSPS) is 28.4. The zero-order valence-electron chi connectivity index (χ0n) is 8.24. The van der Waals surface area contributed by atoms with Crippen molar-refractivity contribution in [3.8, 4) is 0 Å². The fourth-order valence-corrected chi connectivity index (χ4v) is 3.56. The second kappa shape index (κ2) is 4.67. The molecule has 0 saturated carbocycles. The molecule has 2 rings (SSSR count). The summed E-state index contributed by atoms with van der Waals surface area (Å²) in [5.41, 5.74) is 5.87. The molecule has 0 aliphatic carbocycles. The van der Waals surface area contributed by atoms with Gasteiger partial charge in [0, 0.05) is 12.6 Å². The maximum atomic E-state index is 5.87. The minimum absolute atomic E-state index is 0.703. The highest BCUT2D eigenvalue weighted by Gasteiger charge is 2.30. The average molecular weight is 200 g/mol. The highest BCUT2D eigenvalue weighted by molar-refractivity contribution is 7.99. The highest BCUT2D eigenvalue weighted by Crippen LogP contribution is 2.29. The van der Waals surface area contributed by atoms with Gasteiger partial charge in [-0.05, 0) is 49.8 Å². The van der Waals surface area contributed by atoms with E-state index in [-0.39, 0.29) is 0 Å². The van der Waals surface area contributed by atoms with Crippen LogP contribution in [0.1, 0.15) is 19.3 Å². The molecular weight excluding hydrogens is 180 g/mol. The standard InChI is InChI=1S/C10H20N2S/c11-8-10(12-4-1-5-12)9-2-6-13-7-3-9/h9-10H,1-8,11H2. The highest BCUT2D eigenvalue weighted by atomic mass is 32.2. The molecule has 1 unspecified atom stereocenters. The zero-order chi connectivity index (χ0) is 9.10. The molecule has 2 saturated heterocycles. The SMILES string of the molecule is NCC(C1CCSCC1)N1CCC1. The molecule has 0 radical (unpaired) electrons. The number of rotatable bonds is 3. The third kappa shape index (κ3) is 2.20. The van der Waals surface area contributed by atoms with Gasteiger partial charge in [-0.3, -0.25) is 4.90 Å². The number of likely N-dealkylation sites (tertiary alicyclic amines) is 1. The Hall–Kier alpha value is 0.270. The van der Waals surface area contributed by atoms with Crippen LogP contribution in [0.15, 0.2) is 0 Å². The van der Waals surface area contributed by atoms with Crippen LogP contribution in [0.25, 0.3) is 0 Å². The van der Waals surface area contributed by atoms with Gasteiger partial charge in [0.05, 0.1) is 0 Å². The lowest BCUT2D eigenvalue weighted by molar-refractivity contribution is 0.0786. The lowest BCUT2D eigenvalue weighted by Crippen LogP contribution is -2.52. The van der Waals surface area contributed by atoms with E-state index in [9.17, 15) is 0 Å². The molecule has 1 atom stereocenters. The molecule has 2 aliphatic rings. The first-order chi connectivity index (χ1) is 6.42. The van der Waals surface area contributed by atoms with E-state index >= 15 is 0 Å². The van der Waals surface area contributed by atoms with Crippen LogP contribution in [-0.2, 0) is 0 Å². The van der Waals surface area contributed by atoms with E-state index in [2.05, 4.69) is 16.7 Å². The molecule has 13 heavy (non-hydrogen) atoms. The van der Waals surface area contributed by atoms with Gasteiger partial charge in [-0.25, -0.2) is 0 Å². The summed E-state index contributed by atoms with van der Waals surface area (Å²) < 4.78 is 0. The fraction of sp³-hybridized carbons (Fsp3) is 1.00. The summed E-state index contributed by atoms with van der Waals surface area (Å²) in [5, 5.41) is 0. The second-order valence-electron chi connectivity index (χ2n) is 4.14. The van der Waals surface area contributed by atoms with Gasteiger partial charge in [0.25, 0.3) is 0 Å². The quantitative estimate of drug-likeness (QED) is 0.741. The van der Waals surface area contributed by atoms with Crippen LogP contribution in [0.3, 0.4) is 0 Å². The molecule has 2 aliphatic heterocycles. The summed E-state index contributed by atoms with van der Waals surface area (Å²) >= 11 is 2.10. The number of hydrogen-bond donors (Lipinski definition) is 1. The van der Waals surface area contributed by atoms with E-state index < -0.39 is 0 Å². The molecule has 2 N–H and O–H groups in total. The van der Waals surface area contributed by atoms with Gasteiger partial charge >= 0.3 is 0 Å². The van der Waals surface area contributed by atoms with Crippen LogP contribution < -0.4 is 5.73 Å². The Bertz CT molecular complexity index is 153. The van der Waals surface area contributed by atoms with Gasteiger partial charge in [0.1, 0.15) is 0 Å². The first-order valence-corrected chi connectivity index (χ1v) is 6.59. The van der Waals surface area contributed by atoms with Crippen molar-refractivity contribution in [3.05, 3.63) is 0 Å². The smallest absolute Gasteiger partial charge is 0.0247 e. The third-order valence-electron chi connectivity index (χ3n) is 3.41. The van der Waals surface area contributed by atoms with E-state index in [4.69, 9.17) is 5.73 Å². The zero-order valence-corrected chi connectivity index (χ0v) is 9.06. The molecule has 0 aromatic heterocycles. The predicted molar refractivity (Wildman–Crippen MR) is 59.1 cm³/mol. The van der Waals surface area contributed by atoms with Crippen LogP contribution in [0.4, 0.5) is 0 Å². The van der Waals surface area contributed by atoms with E-state index in [0.29, 0.717) is 6.04 Å².